The molecule has 1 amide bonds. The molecule has 1 aliphatic carbocycles. The molecule has 0 unspecified atom stereocenters. The van der Waals surface area contributed by atoms with Crippen molar-refractivity contribution < 1.29 is 4.79 Å². The SMILES string of the molecule is Cc1ccc(CN(C)C(=O)CSc2nnc(Cc3cccs3)n2C2CC2)c(C)c1. The van der Waals surface area contributed by atoms with E-state index in [1.54, 1.807) is 16.2 Å². The predicted octanol–water partition coefficient (Wildman–Crippen LogP) is 4.63. The van der Waals surface area contributed by atoms with E-state index < -0.39 is 0 Å². The zero-order valence-electron chi connectivity index (χ0n) is 17.1. The number of hydrogen-bond donors (Lipinski definition) is 0. The number of thiophene rings is 1. The summed E-state index contributed by atoms with van der Waals surface area (Å²) in [6, 6.07) is 11.1. The maximum absolute atomic E-state index is 12.7. The molecule has 0 saturated heterocycles. The second-order valence-corrected chi connectivity index (χ2v) is 9.70. The number of amides is 1. The van der Waals surface area contributed by atoms with Crippen molar-refractivity contribution in [2.75, 3.05) is 12.8 Å². The van der Waals surface area contributed by atoms with Crippen LogP contribution in [0.5, 0.6) is 0 Å². The van der Waals surface area contributed by atoms with Gasteiger partial charge in [-0.15, -0.1) is 21.5 Å². The van der Waals surface area contributed by atoms with Crippen molar-refractivity contribution in [3.8, 4) is 0 Å². The number of thioether (sulfide) groups is 1. The van der Waals surface area contributed by atoms with Crippen LogP contribution >= 0.6 is 23.1 Å². The maximum atomic E-state index is 12.7. The van der Waals surface area contributed by atoms with E-state index in [-0.39, 0.29) is 5.91 Å². The minimum Gasteiger partial charge on any atom is -0.341 e. The summed E-state index contributed by atoms with van der Waals surface area (Å²) in [4.78, 5) is 15.8. The molecule has 1 fully saturated rings. The van der Waals surface area contributed by atoms with Crippen molar-refractivity contribution in [1.82, 2.24) is 19.7 Å². The minimum absolute atomic E-state index is 0.111. The fraction of sp³-hybridized carbons (Fsp3) is 0.409. The number of aryl methyl sites for hydroxylation is 2. The predicted molar refractivity (Wildman–Crippen MR) is 119 cm³/mol. The van der Waals surface area contributed by atoms with Crippen LogP contribution in [0.3, 0.4) is 0 Å². The Kier molecular flexibility index (Phi) is 6.06. The standard InChI is InChI=1S/C22H26N4OS2/c1-15-6-7-17(16(2)11-15)13-25(3)21(27)14-29-22-24-23-20(26(22)18-8-9-18)12-19-5-4-10-28-19/h4-7,10-11,18H,8-9,12-14H2,1-3H3. The number of nitrogens with zero attached hydrogens (tertiary/aromatic N) is 4. The first-order valence-electron chi connectivity index (χ1n) is 9.90. The Hall–Kier alpha value is -2.12. The summed E-state index contributed by atoms with van der Waals surface area (Å²) < 4.78 is 2.25. The van der Waals surface area contributed by atoms with Crippen molar-refractivity contribution >= 4 is 29.0 Å². The number of rotatable bonds is 8. The largest absolute Gasteiger partial charge is 0.341 e. The lowest BCUT2D eigenvalue weighted by Crippen LogP contribution is -2.28. The molecule has 2 heterocycles. The molecular weight excluding hydrogens is 400 g/mol. The Morgan fingerprint density at radius 3 is 2.79 bits per heavy atom. The van der Waals surface area contributed by atoms with Crippen LogP contribution in [-0.4, -0.2) is 38.4 Å². The number of aromatic nitrogens is 3. The zero-order valence-corrected chi connectivity index (χ0v) is 18.7. The molecule has 152 valence electrons. The Morgan fingerprint density at radius 1 is 1.28 bits per heavy atom. The van der Waals surface area contributed by atoms with E-state index in [2.05, 4.69) is 64.3 Å². The lowest BCUT2D eigenvalue weighted by atomic mass is 10.1. The molecule has 0 atom stereocenters. The zero-order chi connectivity index (χ0) is 20.4. The fourth-order valence-electron chi connectivity index (χ4n) is 3.40. The van der Waals surface area contributed by atoms with Crippen LogP contribution in [0.1, 0.15) is 46.3 Å². The third kappa shape index (κ3) is 4.90. The van der Waals surface area contributed by atoms with Gasteiger partial charge in [0.25, 0.3) is 0 Å². The van der Waals surface area contributed by atoms with Crippen molar-refractivity contribution in [2.45, 2.75) is 50.9 Å². The number of benzene rings is 1. The molecule has 0 aliphatic heterocycles. The van der Waals surface area contributed by atoms with E-state index in [0.29, 0.717) is 18.3 Å². The smallest absolute Gasteiger partial charge is 0.233 e. The van der Waals surface area contributed by atoms with Gasteiger partial charge < -0.3 is 9.47 Å². The first kappa shape index (κ1) is 20.2. The van der Waals surface area contributed by atoms with Gasteiger partial charge in [-0.3, -0.25) is 4.79 Å². The van der Waals surface area contributed by atoms with Crippen molar-refractivity contribution in [1.29, 1.82) is 0 Å². The molecule has 7 heteroatoms. The van der Waals surface area contributed by atoms with Gasteiger partial charge in [-0.1, -0.05) is 41.6 Å². The summed E-state index contributed by atoms with van der Waals surface area (Å²) in [6.07, 6.45) is 3.15. The molecule has 4 rings (SSSR count). The van der Waals surface area contributed by atoms with Crippen molar-refractivity contribution in [3.05, 3.63) is 63.1 Å². The van der Waals surface area contributed by atoms with Gasteiger partial charge >= 0.3 is 0 Å². The van der Waals surface area contributed by atoms with Crippen molar-refractivity contribution in [3.63, 3.8) is 0 Å². The maximum Gasteiger partial charge on any atom is 0.233 e. The molecule has 1 aliphatic rings. The van der Waals surface area contributed by atoms with Gasteiger partial charge in [-0.2, -0.15) is 0 Å². The third-order valence-corrected chi connectivity index (χ3v) is 7.02. The van der Waals surface area contributed by atoms with Crippen molar-refractivity contribution in [2.24, 2.45) is 0 Å². The van der Waals surface area contributed by atoms with Crippen LogP contribution < -0.4 is 0 Å². The fourth-order valence-corrected chi connectivity index (χ4v) is 5.06. The third-order valence-electron chi connectivity index (χ3n) is 5.22. The average Bonchev–Trinajstić information content (AvgIpc) is 3.24. The number of hydrogen-bond acceptors (Lipinski definition) is 5. The Balaban J connectivity index is 1.39. The summed E-state index contributed by atoms with van der Waals surface area (Å²) in [5.74, 6) is 1.50. The van der Waals surface area contributed by atoms with E-state index in [0.717, 1.165) is 17.4 Å². The van der Waals surface area contributed by atoms with Crippen LogP contribution in [0.15, 0.2) is 40.9 Å². The lowest BCUT2D eigenvalue weighted by Gasteiger charge is -2.18. The molecule has 0 bridgehead atoms. The van der Waals surface area contributed by atoms with E-state index in [1.165, 1.54) is 46.2 Å². The van der Waals surface area contributed by atoms with Gasteiger partial charge in [0.2, 0.25) is 5.91 Å². The van der Waals surface area contributed by atoms with Gasteiger partial charge in [-0.05, 0) is 49.3 Å². The second-order valence-electron chi connectivity index (χ2n) is 7.72. The van der Waals surface area contributed by atoms with Crippen LogP contribution in [0.2, 0.25) is 0 Å². The number of carbonyl (C=O) groups is 1. The second kappa shape index (κ2) is 8.71. The molecular formula is C22H26N4OS2. The Morgan fingerprint density at radius 2 is 2.10 bits per heavy atom. The summed E-state index contributed by atoms with van der Waals surface area (Å²) >= 11 is 3.25. The molecule has 3 aromatic rings. The monoisotopic (exact) mass is 426 g/mol. The summed E-state index contributed by atoms with van der Waals surface area (Å²) in [6.45, 7) is 4.82. The highest BCUT2D eigenvalue weighted by molar-refractivity contribution is 7.99. The minimum atomic E-state index is 0.111. The van der Waals surface area contributed by atoms with Crippen LogP contribution in [0.25, 0.3) is 0 Å². The molecule has 1 saturated carbocycles. The van der Waals surface area contributed by atoms with Crippen LogP contribution in [0.4, 0.5) is 0 Å². The molecule has 5 nitrogen and oxygen atoms in total. The van der Waals surface area contributed by atoms with Gasteiger partial charge in [-0.25, -0.2) is 0 Å². The topological polar surface area (TPSA) is 51.0 Å². The Labute approximate surface area is 180 Å². The highest BCUT2D eigenvalue weighted by atomic mass is 32.2. The highest BCUT2D eigenvalue weighted by Gasteiger charge is 2.30. The number of carbonyl (C=O) groups excluding carboxylic acids is 1. The molecule has 2 aromatic heterocycles. The quantitative estimate of drug-likeness (QED) is 0.493. The summed E-state index contributed by atoms with van der Waals surface area (Å²) in [7, 11) is 1.87. The van der Waals surface area contributed by atoms with Gasteiger partial charge in [0.1, 0.15) is 5.82 Å². The highest BCUT2D eigenvalue weighted by Crippen LogP contribution is 2.39. The molecule has 0 spiro atoms. The lowest BCUT2D eigenvalue weighted by molar-refractivity contribution is -0.127. The Bertz CT molecular complexity index is 992. The van der Waals surface area contributed by atoms with E-state index in [9.17, 15) is 4.79 Å². The van der Waals surface area contributed by atoms with Crippen LogP contribution in [0, 0.1) is 13.8 Å². The summed E-state index contributed by atoms with van der Waals surface area (Å²) in [5, 5.41) is 11.8. The molecule has 0 N–H and O–H groups in total. The van der Waals surface area contributed by atoms with Gasteiger partial charge in [0.05, 0.1) is 5.75 Å². The normalized spacial score (nSPS) is 13.6. The molecule has 1 aromatic carbocycles. The van der Waals surface area contributed by atoms with E-state index >= 15 is 0 Å². The average molecular weight is 427 g/mol. The van der Waals surface area contributed by atoms with E-state index in [4.69, 9.17) is 0 Å². The molecule has 29 heavy (non-hydrogen) atoms. The van der Waals surface area contributed by atoms with Crippen LogP contribution in [-0.2, 0) is 17.8 Å². The van der Waals surface area contributed by atoms with Gasteiger partial charge in [0, 0.05) is 30.9 Å². The van der Waals surface area contributed by atoms with Gasteiger partial charge in [0.15, 0.2) is 5.16 Å². The first-order valence-corrected chi connectivity index (χ1v) is 11.8. The van der Waals surface area contributed by atoms with E-state index in [1.807, 2.05) is 7.05 Å². The molecule has 0 radical (unpaired) electrons. The first-order chi connectivity index (χ1) is 14.0. The summed E-state index contributed by atoms with van der Waals surface area (Å²) in [5.41, 5.74) is 3.66.